The zero-order valence-electron chi connectivity index (χ0n) is 18.8. The SMILES string of the molecule is CNC(=O)OC(c1cn(S(=O)(=O)c2ccc(C)nc2)c(-c2cccnc2F)c1F)C(C)(C)C. The fraction of sp³-hybridized carbons (Fsp3) is 0.318. The summed E-state index contributed by atoms with van der Waals surface area (Å²) in [6.45, 7) is 6.77. The molecule has 0 aliphatic carbocycles. The molecule has 3 aromatic rings. The Labute approximate surface area is 190 Å². The lowest BCUT2D eigenvalue weighted by Crippen LogP contribution is -2.29. The first-order valence-electron chi connectivity index (χ1n) is 9.96. The summed E-state index contributed by atoms with van der Waals surface area (Å²) in [6.07, 6.45) is 1.28. The van der Waals surface area contributed by atoms with Crippen LogP contribution in [-0.2, 0) is 14.8 Å². The fourth-order valence-corrected chi connectivity index (χ4v) is 4.57. The summed E-state index contributed by atoms with van der Waals surface area (Å²) in [6, 6.07) is 5.39. The van der Waals surface area contributed by atoms with Gasteiger partial charge in [0.25, 0.3) is 10.0 Å². The van der Waals surface area contributed by atoms with Gasteiger partial charge in [0, 0.05) is 42.3 Å². The van der Waals surface area contributed by atoms with Gasteiger partial charge in [0.15, 0.2) is 5.82 Å². The van der Waals surface area contributed by atoms with Gasteiger partial charge in [-0.15, -0.1) is 0 Å². The second-order valence-corrected chi connectivity index (χ2v) is 10.2. The number of halogens is 2. The minimum atomic E-state index is -4.40. The highest BCUT2D eigenvalue weighted by Gasteiger charge is 2.38. The maximum absolute atomic E-state index is 15.9. The Morgan fingerprint density at radius 2 is 1.88 bits per heavy atom. The number of carbonyl (C=O) groups excluding carboxylic acids is 1. The van der Waals surface area contributed by atoms with Crippen molar-refractivity contribution in [3.8, 4) is 11.3 Å². The standard InChI is InChI=1S/C22H24F2N4O4S/c1-13-8-9-14(11-27-13)33(30,31)28-12-16(19(22(2,3)4)32-21(29)25-5)17(23)18(28)15-7-6-10-26-20(15)24/h6-12,19H,1-5H3,(H,25,29). The lowest BCUT2D eigenvalue weighted by molar-refractivity contribution is 0.0294. The topological polar surface area (TPSA) is 103 Å². The highest BCUT2D eigenvalue weighted by molar-refractivity contribution is 7.90. The van der Waals surface area contributed by atoms with E-state index >= 15 is 4.39 Å². The molecule has 1 N–H and O–H groups in total. The van der Waals surface area contributed by atoms with Gasteiger partial charge < -0.3 is 10.1 Å². The van der Waals surface area contributed by atoms with Gasteiger partial charge in [-0.1, -0.05) is 20.8 Å². The molecule has 0 aliphatic heterocycles. The molecule has 1 unspecified atom stereocenters. The molecule has 0 aromatic carbocycles. The van der Waals surface area contributed by atoms with Gasteiger partial charge in [-0.2, -0.15) is 4.39 Å². The number of aromatic nitrogens is 3. The van der Waals surface area contributed by atoms with Crippen LogP contribution in [0.4, 0.5) is 13.6 Å². The van der Waals surface area contributed by atoms with Gasteiger partial charge in [-0.05, 0) is 31.2 Å². The van der Waals surface area contributed by atoms with E-state index in [0.717, 1.165) is 18.6 Å². The third-order valence-electron chi connectivity index (χ3n) is 4.89. The Kier molecular flexibility index (Phi) is 6.55. The lowest BCUT2D eigenvalue weighted by atomic mass is 9.85. The number of pyridine rings is 2. The van der Waals surface area contributed by atoms with Crippen molar-refractivity contribution in [2.75, 3.05) is 7.05 Å². The van der Waals surface area contributed by atoms with Crippen molar-refractivity contribution in [2.24, 2.45) is 5.41 Å². The van der Waals surface area contributed by atoms with Crippen LogP contribution < -0.4 is 5.32 Å². The summed E-state index contributed by atoms with van der Waals surface area (Å²) >= 11 is 0. The molecule has 1 atom stereocenters. The van der Waals surface area contributed by atoms with Crippen molar-refractivity contribution >= 4 is 16.1 Å². The van der Waals surface area contributed by atoms with Crippen molar-refractivity contribution in [1.82, 2.24) is 19.3 Å². The molecule has 0 fully saturated rings. The van der Waals surface area contributed by atoms with Gasteiger partial charge in [0.05, 0.1) is 5.56 Å². The van der Waals surface area contributed by atoms with E-state index in [2.05, 4.69) is 15.3 Å². The molecule has 33 heavy (non-hydrogen) atoms. The molecule has 0 aliphatic rings. The molecule has 3 aromatic heterocycles. The number of rotatable bonds is 5. The fourth-order valence-electron chi connectivity index (χ4n) is 3.25. The van der Waals surface area contributed by atoms with Crippen molar-refractivity contribution < 1.29 is 26.7 Å². The molecule has 1 amide bonds. The average Bonchev–Trinajstić information content (AvgIpc) is 3.09. The minimum Gasteiger partial charge on any atom is -0.441 e. The Morgan fingerprint density at radius 1 is 1.18 bits per heavy atom. The van der Waals surface area contributed by atoms with Gasteiger partial charge in [0.1, 0.15) is 16.7 Å². The molecule has 3 rings (SSSR count). The molecule has 3 heterocycles. The number of nitrogens with one attached hydrogen (secondary N) is 1. The first-order valence-corrected chi connectivity index (χ1v) is 11.4. The maximum Gasteiger partial charge on any atom is 0.407 e. The van der Waals surface area contributed by atoms with Crippen LogP contribution in [0.3, 0.4) is 0 Å². The minimum absolute atomic E-state index is 0.222. The molecule has 0 bridgehead atoms. The van der Waals surface area contributed by atoms with Crippen molar-refractivity contribution in [1.29, 1.82) is 0 Å². The average molecular weight is 479 g/mol. The summed E-state index contributed by atoms with van der Waals surface area (Å²) in [7, 11) is -3.06. The quantitative estimate of drug-likeness (QED) is 0.551. The van der Waals surface area contributed by atoms with Crippen molar-refractivity contribution in [2.45, 2.75) is 38.7 Å². The van der Waals surface area contributed by atoms with Gasteiger partial charge in [-0.25, -0.2) is 26.6 Å². The van der Waals surface area contributed by atoms with Crippen LogP contribution in [0.15, 0.2) is 47.8 Å². The van der Waals surface area contributed by atoms with Gasteiger partial charge in [0.2, 0.25) is 5.95 Å². The number of carbonyl (C=O) groups is 1. The normalized spacial score (nSPS) is 12.9. The van der Waals surface area contributed by atoms with E-state index in [1.807, 2.05) is 0 Å². The lowest BCUT2D eigenvalue weighted by Gasteiger charge is -2.29. The number of aryl methyl sites for hydroxylation is 1. The van der Waals surface area contributed by atoms with E-state index in [0.29, 0.717) is 9.67 Å². The van der Waals surface area contributed by atoms with Crippen LogP contribution in [-0.4, -0.2) is 35.5 Å². The van der Waals surface area contributed by atoms with E-state index in [9.17, 15) is 17.6 Å². The second-order valence-electron chi connectivity index (χ2n) is 8.43. The Morgan fingerprint density at radius 3 is 2.42 bits per heavy atom. The Bertz CT molecular complexity index is 1280. The Balaban J connectivity index is 2.34. The van der Waals surface area contributed by atoms with Crippen LogP contribution in [0, 0.1) is 24.1 Å². The number of ether oxygens (including phenoxy) is 1. The number of amides is 1. The Hall–Kier alpha value is -3.34. The van der Waals surface area contributed by atoms with Gasteiger partial charge >= 0.3 is 6.09 Å². The van der Waals surface area contributed by atoms with Crippen LogP contribution in [0.25, 0.3) is 11.3 Å². The third kappa shape index (κ3) is 4.72. The number of alkyl carbamates (subject to hydrolysis) is 1. The zero-order valence-corrected chi connectivity index (χ0v) is 19.6. The predicted octanol–water partition coefficient (Wildman–Crippen LogP) is 4.21. The molecule has 11 heteroatoms. The van der Waals surface area contributed by atoms with Crippen molar-refractivity contribution in [3.63, 3.8) is 0 Å². The highest BCUT2D eigenvalue weighted by atomic mass is 32.2. The van der Waals surface area contributed by atoms with Crippen LogP contribution in [0.5, 0.6) is 0 Å². The molecular weight excluding hydrogens is 454 g/mol. The van der Waals surface area contributed by atoms with Crippen LogP contribution in [0.2, 0.25) is 0 Å². The predicted molar refractivity (Wildman–Crippen MR) is 117 cm³/mol. The van der Waals surface area contributed by atoms with E-state index in [1.165, 1.54) is 31.3 Å². The molecule has 0 radical (unpaired) electrons. The molecular formula is C22H24F2N4O4S. The summed E-state index contributed by atoms with van der Waals surface area (Å²) in [5, 5.41) is 2.29. The second kappa shape index (κ2) is 8.89. The van der Waals surface area contributed by atoms with E-state index < -0.39 is 45.1 Å². The summed E-state index contributed by atoms with van der Waals surface area (Å²) < 4.78 is 63.4. The molecule has 0 saturated carbocycles. The number of nitrogens with zero attached hydrogens (tertiary/aromatic N) is 3. The smallest absolute Gasteiger partial charge is 0.407 e. The van der Waals surface area contributed by atoms with E-state index in [-0.39, 0.29) is 16.0 Å². The van der Waals surface area contributed by atoms with Gasteiger partial charge in [-0.3, -0.25) is 4.98 Å². The first kappa shape index (κ1) is 24.3. The largest absolute Gasteiger partial charge is 0.441 e. The first-order chi connectivity index (χ1) is 15.4. The number of hydrogen-bond acceptors (Lipinski definition) is 6. The summed E-state index contributed by atoms with van der Waals surface area (Å²) in [4.78, 5) is 19.3. The number of hydrogen-bond donors (Lipinski definition) is 1. The molecule has 0 spiro atoms. The van der Waals surface area contributed by atoms with Crippen LogP contribution >= 0.6 is 0 Å². The molecule has 176 valence electrons. The molecule has 8 nitrogen and oxygen atoms in total. The third-order valence-corrected chi connectivity index (χ3v) is 6.53. The zero-order chi connectivity index (χ0) is 24.6. The highest BCUT2D eigenvalue weighted by Crippen LogP contribution is 2.42. The molecule has 0 saturated heterocycles. The van der Waals surface area contributed by atoms with E-state index in [4.69, 9.17) is 4.74 Å². The van der Waals surface area contributed by atoms with Crippen molar-refractivity contribution in [3.05, 3.63) is 65.9 Å². The summed E-state index contributed by atoms with van der Waals surface area (Å²) in [5.74, 6) is -2.10. The summed E-state index contributed by atoms with van der Waals surface area (Å²) in [5.41, 5.74) is -1.41. The maximum atomic E-state index is 15.9. The van der Waals surface area contributed by atoms with E-state index in [1.54, 1.807) is 27.7 Å². The monoisotopic (exact) mass is 478 g/mol. The van der Waals surface area contributed by atoms with Crippen LogP contribution in [0.1, 0.15) is 38.1 Å².